The Morgan fingerprint density at radius 1 is 1.03 bits per heavy atom. The van der Waals surface area contributed by atoms with Crippen LogP contribution in [0.3, 0.4) is 0 Å². The van der Waals surface area contributed by atoms with Gasteiger partial charge in [0.25, 0.3) is 0 Å². The molecular weight excluding hydrogens is 460 g/mol. The van der Waals surface area contributed by atoms with Crippen molar-refractivity contribution in [3.05, 3.63) is 71.8 Å². The van der Waals surface area contributed by atoms with E-state index in [1.807, 2.05) is 75.3 Å². The van der Waals surface area contributed by atoms with Crippen LogP contribution in [0, 0.1) is 13.8 Å². The monoisotopic (exact) mass is 492 g/mol. The molecule has 0 spiro atoms. The van der Waals surface area contributed by atoms with Crippen LogP contribution in [0.2, 0.25) is 0 Å². The molecule has 0 radical (unpaired) electrons. The molecule has 2 amide bonds. The second-order valence-corrected chi connectivity index (χ2v) is 9.96. The molecule has 0 saturated heterocycles. The fourth-order valence-corrected chi connectivity index (χ4v) is 4.31. The van der Waals surface area contributed by atoms with Gasteiger partial charge in [-0.3, -0.25) is 14.6 Å². The highest BCUT2D eigenvalue weighted by molar-refractivity contribution is 7.99. The SMILES string of the molecule is Cc1cc(C)nc(SCC(=O)N(Cc2cccnc2)C(C)(C)C(=O)Nc2ccc(N(C)C)cc2)n1. The molecule has 1 aromatic carbocycles. The summed E-state index contributed by atoms with van der Waals surface area (Å²) in [6, 6.07) is 13.2. The average molecular weight is 493 g/mol. The van der Waals surface area contributed by atoms with E-state index in [4.69, 9.17) is 0 Å². The second kappa shape index (κ2) is 11.3. The summed E-state index contributed by atoms with van der Waals surface area (Å²) in [6.45, 7) is 7.55. The van der Waals surface area contributed by atoms with Crippen molar-refractivity contribution in [1.29, 1.82) is 0 Å². The first kappa shape index (κ1) is 26.2. The molecule has 0 bridgehead atoms. The summed E-state index contributed by atoms with van der Waals surface area (Å²) >= 11 is 1.27. The molecular formula is C26H32N6O2S. The summed E-state index contributed by atoms with van der Waals surface area (Å²) in [5, 5.41) is 3.50. The lowest BCUT2D eigenvalue weighted by Crippen LogP contribution is -2.55. The van der Waals surface area contributed by atoms with Crippen molar-refractivity contribution in [3.8, 4) is 0 Å². The first-order valence-corrected chi connectivity index (χ1v) is 12.3. The molecule has 0 unspecified atom stereocenters. The van der Waals surface area contributed by atoms with Crippen molar-refractivity contribution >= 4 is 35.0 Å². The van der Waals surface area contributed by atoms with E-state index in [-0.39, 0.29) is 24.1 Å². The van der Waals surface area contributed by atoms with Crippen LogP contribution in [0.25, 0.3) is 0 Å². The Balaban J connectivity index is 1.80. The minimum atomic E-state index is -1.13. The molecule has 2 aromatic heterocycles. The predicted molar refractivity (Wildman–Crippen MR) is 140 cm³/mol. The van der Waals surface area contributed by atoms with Crippen LogP contribution in [-0.4, -0.2) is 57.1 Å². The van der Waals surface area contributed by atoms with Crippen molar-refractivity contribution in [2.24, 2.45) is 0 Å². The molecule has 0 atom stereocenters. The number of hydrogen-bond acceptors (Lipinski definition) is 7. The number of carbonyl (C=O) groups is 2. The van der Waals surface area contributed by atoms with E-state index in [1.54, 1.807) is 31.1 Å². The molecule has 2 heterocycles. The topological polar surface area (TPSA) is 91.3 Å². The van der Waals surface area contributed by atoms with Crippen LogP contribution in [-0.2, 0) is 16.1 Å². The molecule has 0 aliphatic carbocycles. The Morgan fingerprint density at radius 3 is 2.26 bits per heavy atom. The third kappa shape index (κ3) is 7.02. The van der Waals surface area contributed by atoms with Gasteiger partial charge in [0.15, 0.2) is 5.16 Å². The van der Waals surface area contributed by atoms with Crippen LogP contribution in [0.4, 0.5) is 11.4 Å². The third-order valence-electron chi connectivity index (χ3n) is 5.52. The van der Waals surface area contributed by atoms with Crippen LogP contribution < -0.4 is 10.2 Å². The molecule has 184 valence electrons. The first-order chi connectivity index (χ1) is 16.6. The molecule has 8 nitrogen and oxygen atoms in total. The molecule has 0 fully saturated rings. The van der Waals surface area contributed by atoms with Crippen LogP contribution in [0.15, 0.2) is 60.0 Å². The van der Waals surface area contributed by atoms with E-state index in [0.29, 0.717) is 10.8 Å². The molecule has 9 heteroatoms. The maximum Gasteiger partial charge on any atom is 0.249 e. The highest BCUT2D eigenvalue weighted by Gasteiger charge is 2.38. The molecule has 0 aliphatic rings. The van der Waals surface area contributed by atoms with E-state index >= 15 is 0 Å². The number of aromatic nitrogens is 3. The van der Waals surface area contributed by atoms with Crippen LogP contribution >= 0.6 is 11.8 Å². The molecule has 3 rings (SSSR count). The summed E-state index contributed by atoms with van der Waals surface area (Å²) in [5.41, 5.74) is 3.10. The number of pyridine rings is 1. The predicted octanol–water partition coefficient (Wildman–Crippen LogP) is 4.09. The Labute approximate surface area is 211 Å². The Bertz CT molecular complexity index is 1150. The van der Waals surface area contributed by atoms with Gasteiger partial charge in [0.2, 0.25) is 11.8 Å². The zero-order valence-electron chi connectivity index (χ0n) is 21.1. The van der Waals surface area contributed by atoms with Gasteiger partial charge in [0.05, 0.1) is 5.75 Å². The summed E-state index contributed by atoms with van der Waals surface area (Å²) < 4.78 is 0. The van der Waals surface area contributed by atoms with Gasteiger partial charge >= 0.3 is 0 Å². The Morgan fingerprint density at radius 2 is 1.69 bits per heavy atom. The number of aryl methyl sites for hydroxylation is 2. The lowest BCUT2D eigenvalue weighted by Gasteiger charge is -2.37. The fraction of sp³-hybridized carbons (Fsp3) is 0.346. The Hall–Kier alpha value is -3.46. The van der Waals surface area contributed by atoms with E-state index in [1.165, 1.54) is 11.8 Å². The summed E-state index contributed by atoms with van der Waals surface area (Å²) in [7, 11) is 3.92. The lowest BCUT2D eigenvalue weighted by atomic mass is 10.00. The number of rotatable bonds is 9. The molecule has 0 saturated carbocycles. The lowest BCUT2D eigenvalue weighted by molar-refractivity contribution is -0.142. The summed E-state index contributed by atoms with van der Waals surface area (Å²) in [6.07, 6.45) is 3.38. The van der Waals surface area contributed by atoms with E-state index in [9.17, 15) is 9.59 Å². The fourth-order valence-electron chi connectivity index (χ4n) is 3.48. The largest absolute Gasteiger partial charge is 0.378 e. The van der Waals surface area contributed by atoms with Gasteiger partial charge in [-0.05, 0) is 69.7 Å². The van der Waals surface area contributed by atoms with E-state index in [2.05, 4.69) is 20.3 Å². The number of thioether (sulfide) groups is 1. The molecule has 0 aliphatic heterocycles. The summed E-state index contributed by atoms with van der Waals surface area (Å²) in [4.78, 5) is 43.4. The highest BCUT2D eigenvalue weighted by atomic mass is 32.2. The van der Waals surface area contributed by atoms with Crippen molar-refractivity contribution in [2.45, 2.75) is 44.9 Å². The zero-order chi connectivity index (χ0) is 25.6. The minimum Gasteiger partial charge on any atom is -0.378 e. The van der Waals surface area contributed by atoms with Crippen LogP contribution in [0.5, 0.6) is 0 Å². The smallest absolute Gasteiger partial charge is 0.249 e. The maximum absolute atomic E-state index is 13.5. The van der Waals surface area contributed by atoms with Gasteiger partial charge in [-0.15, -0.1) is 0 Å². The van der Waals surface area contributed by atoms with Gasteiger partial charge in [0.1, 0.15) is 5.54 Å². The summed E-state index contributed by atoms with van der Waals surface area (Å²) in [5.74, 6) is -0.359. The molecule has 35 heavy (non-hydrogen) atoms. The average Bonchev–Trinajstić information content (AvgIpc) is 2.81. The number of carbonyl (C=O) groups excluding carboxylic acids is 2. The van der Waals surface area contributed by atoms with E-state index in [0.717, 1.165) is 22.6 Å². The number of nitrogens with zero attached hydrogens (tertiary/aromatic N) is 5. The standard InChI is InChI=1S/C26H32N6O2S/c1-18-14-19(2)29-25(28-18)35-17-23(33)32(16-20-8-7-13-27-15-20)26(3,4)24(34)30-21-9-11-22(12-10-21)31(5)6/h7-15H,16-17H2,1-6H3,(H,30,34). The number of benzene rings is 1. The molecule has 3 aromatic rings. The van der Waals surface area contributed by atoms with Gasteiger partial charge in [-0.1, -0.05) is 17.8 Å². The maximum atomic E-state index is 13.5. The quantitative estimate of drug-likeness (QED) is 0.355. The van der Waals surface area contributed by atoms with Crippen molar-refractivity contribution in [3.63, 3.8) is 0 Å². The Kier molecular flexibility index (Phi) is 8.45. The van der Waals surface area contributed by atoms with Crippen molar-refractivity contribution in [2.75, 3.05) is 30.1 Å². The zero-order valence-corrected chi connectivity index (χ0v) is 21.9. The molecule has 1 N–H and O–H groups in total. The van der Waals surface area contributed by atoms with Gasteiger partial charge < -0.3 is 15.1 Å². The highest BCUT2D eigenvalue weighted by Crippen LogP contribution is 2.24. The van der Waals surface area contributed by atoms with E-state index < -0.39 is 5.54 Å². The first-order valence-electron chi connectivity index (χ1n) is 11.3. The van der Waals surface area contributed by atoms with Crippen molar-refractivity contribution in [1.82, 2.24) is 19.9 Å². The number of amides is 2. The van der Waals surface area contributed by atoms with Crippen molar-refractivity contribution < 1.29 is 9.59 Å². The second-order valence-electron chi connectivity index (χ2n) is 9.02. The van der Waals surface area contributed by atoms with Gasteiger partial charge in [-0.25, -0.2) is 9.97 Å². The minimum absolute atomic E-state index is 0.109. The number of hydrogen-bond donors (Lipinski definition) is 1. The normalized spacial score (nSPS) is 11.1. The number of nitrogens with one attached hydrogen (secondary N) is 1. The van der Waals surface area contributed by atoms with Gasteiger partial charge in [0, 0.05) is 55.8 Å². The van der Waals surface area contributed by atoms with Crippen LogP contribution in [0.1, 0.15) is 30.8 Å². The van der Waals surface area contributed by atoms with Gasteiger partial charge in [-0.2, -0.15) is 0 Å². The number of anilines is 2. The third-order valence-corrected chi connectivity index (χ3v) is 6.36.